The number of halogens is 1. The molecule has 0 bridgehead atoms. The zero-order valence-corrected chi connectivity index (χ0v) is 10.8. The molecule has 0 aromatic heterocycles. The Balaban J connectivity index is 2.94. The quantitative estimate of drug-likeness (QED) is 0.761. The lowest BCUT2D eigenvalue weighted by Crippen LogP contribution is -2.15. The maximum Gasteiger partial charge on any atom is 0.305 e. The number of hydrogen-bond acceptors (Lipinski definition) is 4. The molecule has 0 aliphatic heterocycles. The van der Waals surface area contributed by atoms with E-state index in [4.69, 9.17) is 9.47 Å². The predicted octanol–water partition coefficient (Wildman–Crippen LogP) is 1.93. The van der Waals surface area contributed by atoms with Gasteiger partial charge in [0.2, 0.25) is 0 Å². The first-order valence-electron chi connectivity index (χ1n) is 5.03. The fourth-order valence-corrected chi connectivity index (χ4v) is 1.83. The predicted molar refractivity (Wildman–Crippen MR) is 62.7 cm³/mol. The molecule has 6 heteroatoms. The highest BCUT2D eigenvalue weighted by Gasteiger charge is 2.20. The minimum Gasteiger partial charge on any atom is -0.493 e. The van der Waals surface area contributed by atoms with Crippen LogP contribution in [0.15, 0.2) is 18.2 Å². The van der Waals surface area contributed by atoms with Gasteiger partial charge in [-0.3, -0.25) is 0 Å². The minimum atomic E-state index is -4.51. The highest BCUT2D eigenvalue weighted by molar-refractivity contribution is 7.87. The van der Waals surface area contributed by atoms with E-state index in [1.165, 1.54) is 21.1 Å². The minimum absolute atomic E-state index is 0.0964. The normalized spacial score (nSPS) is 13.2. The summed E-state index contributed by atoms with van der Waals surface area (Å²) in [4.78, 5) is 0. The molecule has 0 saturated heterocycles. The molecule has 0 N–H and O–H groups in total. The number of hydrogen-bond donors (Lipinski definition) is 0. The van der Waals surface area contributed by atoms with Crippen LogP contribution in [-0.2, 0) is 16.6 Å². The average molecular weight is 262 g/mol. The van der Waals surface area contributed by atoms with E-state index in [-0.39, 0.29) is 6.42 Å². The van der Waals surface area contributed by atoms with Gasteiger partial charge in [-0.25, -0.2) is 0 Å². The van der Waals surface area contributed by atoms with Crippen molar-refractivity contribution in [3.63, 3.8) is 0 Å². The Hall–Kier alpha value is -1.30. The van der Waals surface area contributed by atoms with Crippen molar-refractivity contribution >= 4 is 10.2 Å². The van der Waals surface area contributed by atoms with Crippen molar-refractivity contribution in [1.29, 1.82) is 0 Å². The number of ether oxygens (including phenoxy) is 2. The molecule has 0 radical (unpaired) electrons. The van der Waals surface area contributed by atoms with Gasteiger partial charge in [0.05, 0.1) is 19.5 Å². The Morgan fingerprint density at radius 3 is 2.29 bits per heavy atom. The molecular weight excluding hydrogens is 247 g/mol. The lowest BCUT2D eigenvalue weighted by molar-refractivity contribution is 0.354. The van der Waals surface area contributed by atoms with E-state index in [0.717, 1.165) is 0 Å². The van der Waals surface area contributed by atoms with Gasteiger partial charge < -0.3 is 9.47 Å². The molecule has 0 saturated carbocycles. The second kappa shape index (κ2) is 5.35. The molecule has 17 heavy (non-hydrogen) atoms. The third-order valence-electron chi connectivity index (χ3n) is 2.45. The van der Waals surface area contributed by atoms with Crippen LogP contribution in [0.5, 0.6) is 11.5 Å². The summed E-state index contributed by atoms with van der Waals surface area (Å²) in [5, 5.41) is -1.07. The third kappa shape index (κ3) is 3.59. The van der Waals surface area contributed by atoms with Crippen LogP contribution in [-0.4, -0.2) is 27.9 Å². The van der Waals surface area contributed by atoms with Gasteiger partial charge in [-0.1, -0.05) is 6.07 Å². The Morgan fingerprint density at radius 1 is 1.24 bits per heavy atom. The van der Waals surface area contributed by atoms with Crippen molar-refractivity contribution in [3.8, 4) is 11.5 Å². The van der Waals surface area contributed by atoms with Crippen molar-refractivity contribution < 1.29 is 21.8 Å². The van der Waals surface area contributed by atoms with Gasteiger partial charge >= 0.3 is 10.2 Å². The van der Waals surface area contributed by atoms with E-state index in [2.05, 4.69) is 0 Å². The molecule has 0 aliphatic carbocycles. The van der Waals surface area contributed by atoms with Gasteiger partial charge in [0.1, 0.15) is 0 Å². The highest BCUT2D eigenvalue weighted by atomic mass is 32.3. The fourth-order valence-electron chi connectivity index (χ4n) is 1.44. The zero-order chi connectivity index (χ0) is 13.1. The average Bonchev–Trinajstić information content (AvgIpc) is 2.27. The number of rotatable bonds is 5. The molecular formula is C11H15FO4S. The van der Waals surface area contributed by atoms with E-state index in [9.17, 15) is 12.3 Å². The van der Waals surface area contributed by atoms with Crippen molar-refractivity contribution in [2.75, 3.05) is 14.2 Å². The van der Waals surface area contributed by atoms with Crippen molar-refractivity contribution in [2.24, 2.45) is 0 Å². The molecule has 4 nitrogen and oxygen atoms in total. The first kappa shape index (κ1) is 13.8. The number of benzene rings is 1. The zero-order valence-electron chi connectivity index (χ0n) is 9.94. The van der Waals surface area contributed by atoms with Gasteiger partial charge in [-0.05, 0) is 31.0 Å². The lowest BCUT2D eigenvalue weighted by Gasteiger charge is -2.11. The van der Waals surface area contributed by atoms with Crippen molar-refractivity contribution in [3.05, 3.63) is 23.8 Å². The molecule has 1 atom stereocenters. The summed E-state index contributed by atoms with van der Waals surface area (Å²) < 4.78 is 44.2. The second-order valence-corrected chi connectivity index (χ2v) is 5.44. The maximum absolute atomic E-state index is 12.7. The maximum atomic E-state index is 12.7. The Kier molecular flexibility index (Phi) is 4.34. The highest BCUT2D eigenvalue weighted by Crippen LogP contribution is 2.28. The summed E-state index contributed by atoms with van der Waals surface area (Å²) in [7, 11) is -1.52. The second-order valence-electron chi connectivity index (χ2n) is 3.68. The van der Waals surface area contributed by atoms with Gasteiger partial charge in [0.25, 0.3) is 0 Å². The monoisotopic (exact) mass is 262 g/mol. The SMILES string of the molecule is COc1ccc(CC(C)S(=O)(=O)F)cc1OC. The summed E-state index contributed by atoms with van der Waals surface area (Å²) in [6.07, 6.45) is 0.0964. The summed E-state index contributed by atoms with van der Waals surface area (Å²) in [5.41, 5.74) is 0.677. The third-order valence-corrected chi connectivity index (χ3v) is 3.58. The van der Waals surface area contributed by atoms with Crippen LogP contribution in [0.4, 0.5) is 3.89 Å². The smallest absolute Gasteiger partial charge is 0.305 e. The molecule has 0 spiro atoms. The van der Waals surface area contributed by atoms with E-state index in [1.807, 2.05) is 0 Å². The molecule has 0 aliphatic rings. The van der Waals surface area contributed by atoms with Crippen LogP contribution < -0.4 is 9.47 Å². The molecule has 1 unspecified atom stereocenters. The van der Waals surface area contributed by atoms with Crippen LogP contribution >= 0.6 is 0 Å². The summed E-state index contributed by atoms with van der Waals surface area (Å²) in [5.74, 6) is 1.04. The van der Waals surface area contributed by atoms with Crippen LogP contribution in [0.2, 0.25) is 0 Å². The van der Waals surface area contributed by atoms with Gasteiger partial charge in [0, 0.05) is 0 Å². The van der Waals surface area contributed by atoms with Gasteiger partial charge in [-0.2, -0.15) is 8.42 Å². The van der Waals surface area contributed by atoms with E-state index < -0.39 is 15.5 Å². The van der Waals surface area contributed by atoms with Crippen molar-refractivity contribution in [1.82, 2.24) is 0 Å². The standard InChI is InChI=1S/C11H15FO4S/c1-8(17(12,13)14)6-9-4-5-10(15-2)11(7-9)16-3/h4-5,7-8H,6H2,1-3H3. The summed E-state index contributed by atoms with van der Waals surface area (Å²) in [6, 6.07) is 4.98. The van der Waals surface area contributed by atoms with Crippen LogP contribution in [0.3, 0.4) is 0 Å². The molecule has 1 aromatic carbocycles. The Morgan fingerprint density at radius 2 is 1.82 bits per heavy atom. The van der Waals surface area contributed by atoms with Gasteiger partial charge in [-0.15, -0.1) is 3.89 Å². The molecule has 0 fully saturated rings. The largest absolute Gasteiger partial charge is 0.493 e. The van der Waals surface area contributed by atoms with E-state index in [1.54, 1.807) is 18.2 Å². The van der Waals surface area contributed by atoms with Crippen LogP contribution in [0.1, 0.15) is 12.5 Å². The first-order valence-corrected chi connectivity index (χ1v) is 6.47. The lowest BCUT2D eigenvalue weighted by atomic mass is 10.1. The summed E-state index contributed by atoms with van der Waals surface area (Å²) >= 11 is 0. The molecule has 1 aromatic rings. The van der Waals surface area contributed by atoms with E-state index >= 15 is 0 Å². The van der Waals surface area contributed by atoms with Crippen molar-refractivity contribution in [2.45, 2.75) is 18.6 Å². The number of methoxy groups -OCH3 is 2. The van der Waals surface area contributed by atoms with Crippen LogP contribution in [0, 0.1) is 0 Å². The molecule has 1 rings (SSSR count). The van der Waals surface area contributed by atoms with E-state index in [0.29, 0.717) is 17.1 Å². The summed E-state index contributed by atoms with van der Waals surface area (Å²) in [6.45, 7) is 1.33. The first-order chi connectivity index (χ1) is 7.88. The molecule has 0 heterocycles. The molecule has 96 valence electrons. The van der Waals surface area contributed by atoms with Crippen LogP contribution in [0.25, 0.3) is 0 Å². The Labute approximate surface area is 101 Å². The van der Waals surface area contributed by atoms with Gasteiger partial charge in [0.15, 0.2) is 11.5 Å². The Bertz CT molecular complexity index is 484. The fraction of sp³-hybridized carbons (Fsp3) is 0.455. The molecule has 0 amide bonds. The topological polar surface area (TPSA) is 52.6 Å².